The molecule has 1 heterocycles. The Labute approximate surface area is 139 Å². The van der Waals surface area contributed by atoms with E-state index >= 15 is 0 Å². The minimum atomic E-state index is -0.717. The van der Waals surface area contributed by atoms with E-state index < -0.39 is 5.54 Å². The molecule has 118 valence electrons. The monoisotopic (exact) mass is 340 g/mol. The minimum Gasteiger partial charge on any atom is -0.323 e. The Bertz CT molecular complexity index is 635. The second-order valence-corrected chi connectivity index (χ2v) is 7.00. The average molecular weight is 341 g/mol. The highest BCUT2D eigenvalue weighted by Gasteiger charge is 2.54. The highest BCUT2D eigenvalue weighted by molar-refractivity contribution is 6.42. The Kier molecular flexibility index (Phi) is 4.08. The summed E-state index contributed by atoms with van der Waals surface area (Å²) in [6.45, 7) is 2.26. The highest BCUT2D eigenvalue weighted by Crippen LogP contribution is 2.38. The van der Waals surface area contributed by atoms with Crippen LogP contribution in [0.4, 0.5) is 4.79 Å². The van der Waals surface area contributed by atoms with Crippen LogP contribution in [0.25, 0.3) is 0 Å². The lowest BCUT2D eigenvalue weighted by Crippen LogP contribution is -2.53. The molecule has 0 aromatic heterocycles. The topological polar surface area (TPSA) is 49.4 Å². The molecule has 1 aromatic rings. The fourth-order valence-corrected chi connectivity index (χ4v) is 3.78. The Morgan fingerprint density at radius 1 is 1.27 bits per heavy atom. The summed E-state index contributed by atoms with van der Waals surface area (Å²) in [5, 5.41) is 3.82. The smallest absolute Gasteiger partial charge is 0.323 e. The summed E-state index contributed by atoms with van der Waals surface area (Å²) >= 11 is 11.9. The van der Waals surface area contributed by atoms with Crippen molar-refractivity contribution in [2.75, 3.05) is 0 Å². The molecule has 6 heteroatoms. The van der Waals surface area contributed by atoms with Gasteiger partial charge in [0, 0.05) is 0 Å². The lowest BCUT2D eigenvalue weighted by atomic mass is 9.73. The zero-order chi connectivity index (χ0) is 15.9. The van der Waals surface area contributed by atoms with Crippen LogP contribution in [0.1, 0.15) is 38.2 Å². The maximum atomic E-state index is 12.8. The van der Waals surface area contributed by atoms with Gasteiger partial charge in [0.2, 0.25) is 0 Å². The largest absolute Gasteiger partial charge is 0.325 e. The van der Waals surface area contributed by atoms with Gasteiger partial charge in [-0.05, 0) is 36.5 Å². The van der Waals surface area contributed by atoms with Gasteiger partial charge in [-0.3, -0.25) is 9.69 Å². The first-order valence-electron chi connectivity index (χ1n) is 7.52. The van der Waals surface area contributed by atoms with E-state index in [0.717, 1.165) is 31.2 Å². The number of hydrogen-bond acceptors (Lipinski definition) is 2. The first-order chi connectivity index (χ1) is 10.4. The number of carbonyl (C=O) groups is 2. The van der Waals surface area contributed by atoms with Gasteiger partial charge in [-0.1, -0.05) is 49.0 Å². The third-order valence-corrected chi connectivity index (χ3v) is 5.57. The average Bonchev–Trinajstić information content (AvgIpc) is 2.71. The molecule has 2 aliphatic rings. The molecular formula is C16H18Cl2N2O2. The summed E-state index contributed by atoms with van der Waals surface area (Å²) in [5.74, 6) is 0.0484. The van der Waals surface area contributed by atoms with Crippen LogP contribution in [0, 0.1) is 5.92 Å². The van der Waals surface area contributed by atoms with Crippen LogP contribution in [-0.2, 0) is 11.3 Å². The first-order valence-corrected chi connectivity index (χ1v) is 8.27. The van der Waals surface area contributed by atoms with Crippen molar-refractivity contribution in [3.05, 3.63) is 33.8 Å². The zero-order valence-corrected chi connectivity index (χ0v) is 13.9. The molecule has 0 unspecified atom stereocenters. The van der Waals surface area contributed by atoms with Gasteiger partial charge in [-0.25, -0.2) is 4.79 Å². The van der Waals surface area contributed by atoms with E-state index in [1.165, 1.54) is 4.90 Å². The number of rotatable bonds is 2. The van der Waals surface area contributed by atoms with Gasteiger partial charge < -0.3 is 5.32 Å². The Hall–Kier alpha value is -1.26. The second-order valence-electron chi connectivity index (χ2n) is 6.19. The third kappa shape index (κ3) is 2.48. The van der Waals surface area contributed by atoms with Gasteiger partial charge in [0.25, 0.3) is 5.91 Å². The van der Waals surface area contributed by atoms with Gasteiger partial charge >= 0.3 is 6.03 Å². The number of urea groups is 1. The second kappa shape index (κ2) is 5.74. The van der Waals surface area contributed by atoms with Crippen LogP contribution in [0.5, 0.6) is 0 Å². The van der Waals surface area contributed by atoms with Gasteiger partial charge in [-0.15, -0.1) is 0 Å². The van der Waals surface area contributed by atoms with Gasteiger partial charge in [0.15, 0.2) is 0 Å². The summed E-state index contributed by atoms with van der Waals surface area (Å²) in [4.78, 5) is 26.4. The molecule has 1 saturated carbocycles. The number of nitrogens with zero attached hydrogens (tertiary/aromatic N) is 1. The van der Waals surface area contributed by atoms with Crippen LogP contribution >= 0.6 is 23.2 Å². The Balaban J connectivity index is 1.84. The maximum Gasteiger partial charge on any atom is 0.325 e. The third-order valence-electron chi connectivity index (χ3n) is 4.83. The Morgan fingerprint density at radius 2 is 2.05 bits per heavy atom. The number of carbonyl (C=O) groups excluding carboxylic acids is 2. The van der Waals surface area contributed by atoms with Gasteiger partial charge in [-0.2, -0.15) is 0 Å². The minimum absolute atomic E-state index is 0.115. The summed E-state index contributed by atoms with van der Waals surface area (Å²) in [6.07, 6.45) is 3.76. The lowest BCUT2D eigenvalue weighted by molar-refractivity contribution is -0.134. The van der Waals surface area contributed by atoms with Crippen molar-refractivity contribution in [3.8, 4) is 0 Å². The quantitative estimate of drug-likeness (QED) is 0.827. The molecule has 2 atom stereocenters. The molecule has 1 aliphatic carbocycles. The van der Waals surface area contributed by atoms with Crippen molar-refractivity contribution in [3.63, 3.8) is 0 Å². The van der Waals surface area contributed by atoms with Crippen molar-refractivity contribution in [2.45, 2.75) is 44.7 Å². The van der Waals surface area contributed by atoms with Gasteiger partial charge in [0.05, 0.1) is 16.6 Å². The molecule has 1 N–H and O–H groups in total. The van der Waals surface area contributed by atoms with E-state index in [2.05, 4.69) is 5.32 Å². The summed E-state index contributed by atoms with van der Waals surface area (Å²) in [5.41, 5.74) is 0.0735. The van der Waals surface area contributed by atoms with Crippen molar-refractivity contribution in [1.82, 2.24) is 10.2 Å². The van der Waals surface area contributed by atoms with Crippen molar-refractivity contribution < 1.29 is 9.59 Å². The van der Waals surface area contributed by atoms with E-state index in [1.807, 2.05) is 6.92 Å². The number of hydrogen-bond donors (Lipinski definition) is 1. The number of nitrogens with one attached hydrogen (secondary N) is 1. The van der Waals surface area contributed by atoms with Crippen LogP contribution in [0.15, 0.2) is 18.2 Å². The van der Waals surface area contributed by atoms with Crippen LogP contribution in [0.3, 0.4) is 0 Å². The number of amides is 3. The molecule has 1 saturated heterocycles. The molecule has 3 amide bonds. The summed E-state index contributed by atoms with van der Waals surface area (Å²) < 4.78 is 0. The van der Waals surface area contributed by atoms with E-state index in [-0.39, 0.29) is 24.4 Å². The normalized spacial score (nSPS) is 28.3. The van der Waals surface area contributed by atoms with Crippen molar-refractivity contribution >= 4 is 35.1 Å². The van der Waals surface area contributed by atoms with E-state index in [4.69, 9.17) is 23.2 Å². The standard InChI is InChI=1S/C16H18Cl2N2O2/c1-10-4-2-3-7-16(10)14(21)20(15(22)19-16)9-11-5-6-12(17)13(18)8-11/h5-6,8,10H,2-4,7,9H2,1H3,(H,19,22)/t10-,16+/m1/s1. The van der Waals surface area contributed by atoms with Crippen LogP contribution < -0.4 is 5.32 Å². The van der Waals surface area contributed by atoms with Gasteiger partial charge in [0.1, 0.15) is 5.54 Å². The fourth-order valence-electron chi connectivity index (χ4n) is 3.46. The lowest BCUT2D eigenvalue weighted by Gasteiger charge is -2.36. The van der Waals surface area contributed by atoms with Crippen molar-refractivity contribution in [1.29, 1.82) is 0 Å². The molecule has 1 aliphatic heterocycles. The molecule has 4 nitrogen and oxygen atoms in total. The molecule has 0 bridgehead atoms. The molecule has 3 rings (SSSR count). The van der Waals surface area contributed by atoms with E-state index in [1.54, 1.807) is 18.2 Å². The Morgan fingerprint density at radius 3 is 2.73 bits per heavy atom. The number of imide groups is 1. The van der Waals surface area contributed by atoms with Crippen LogP contribution in [-0.4, -0.2) is 22.4 Å². The molecule has 22 heavy (non-hydrogen) atoms. The van der Waals surface area contributed by atoms with E-state index in [9.17, 15) is 9.59 Å². The summed E-state index contributed by atoms with van der Waals surface area (Å²) in [7, 11) is 0. The van der Waals surface area contributed by atoms with E-state index in [0.29, 0.717) is 10.0 Å². The first kappa shape index (κ1) is 15.6. The predicted octanol–water partition coefficient (Wildman–Crippen LogP) is 3.99. The SMILES string of the molecule is C[C@@H]1CCCC[C@]12NC(=O)N(Cc1ccc(Cl)c(Cl)c1)C2=O. The molecule has 1 aromatic carbocycles. The van der Waals surface area contributed by atoms with Crippen LogP contribution in [0.2, 0.25) is 10.0 Å². The molecule has 0 radical (unpaired) electrons. The summed E-state index contributed by atoms with van der Waals surface area (Å²) in [6, 6.07) is 4.84. The zero-order valence-electron chi connectivity index (χ0n) is 12.4. The fraction of sp³-hybridized carbons (Fsp3) is 0.500. The predicted molar refractivity (Wildman–Crippen MR) is 85.9 cm³/mol. The molecule has 1 spiro atoms. The number of halogens is 2. The molecular weight excluding hydrogens is 323 g/mol. The van der Waals surface area contributed by atoms with Crippen molar-refractivity contribution in [2.24, 2.45) is 5.92 Å². The number of benzene rings is 1. The molecule has 2 fully saturated rings. The highest BCUT2D eigenvalue weighted by atomic mass is 35.5. The maximum absolute atomic E-state index is 12.8.